The Hall–Kier alpha value is -3.35. The number of aliphatic hydroxyl groups excluding tert-OH is 1. The number of ketones is 1. The number of carbonyl (C=O) groups excluding carboxylic acids is 2. The third-order valence-corrected chi connectivity index (χ3v) is 6.08. The Kier molecular flexibility index (Phi) is 6.91. The fourth-order valence-electron chi connectivity index (χ4n) is 3.88. The molecule has 1 saturated heterocycles. The second-order valence-corrected chi connectivity index (χ2v) is 8.93. The Balaban J connectivity index is 1.86. The third kappa shape index (κ3) is 4.79. The summed E-state index contributed by atoms with van der Waals surface area (Å²) in [5, 5.41) is 11.9. The highest BCUT2D eigenvalue weighted by atomic mass is 35.5. The van der Waals surface area contributed by atoms with Crippen LogP contribution in [0.1, 0.15) is 36.7 Å². The molecule has 0 bridgehead atoms. The number of Topliss-reactive ketones (excluding diaryl/α,β-unsaturated/α-hetero) is 1. The zero-order valence-electron chi connectivity index (χ0n) is 18.5. The highest BCUT2D eigenvalue weighted by molar-refractivity contribution is 6.46. The molecule has 6 nitrogen and oxygen atoms in total. The number of hydrogen-bond donors (Lipinski definition) is 1. The number of likely N-dealkylation sites (tertiary alicyclic amines) is 1. The summed E-state index contributed by atoms with van der Waals surface area (Å²) in [7, 11) is 0. The van der Waals surface area contributed by atoms with Gasteiger partial charge in [0.15, 0.2) is 0 Å². The van der Waals surface area contributed by atoms with Crippen LogP contribution < -0.4 is 4.74 Å². The number of carbonyl (C=O) groups is 2. The van der Waals surface area contributed by atoms with E-state index in [1.165, 1.54) is 4.90 Å². The SMILES string of the molecule is CC(C)Oc1cccc(/C(O)=C2/C(=O)C(=O)N(Cc3ccccn3)C2c2ccc(Cl)c(Cl)c2)c1. The Morgan fingerprint density at radius 3 is 2.53 bits per heavy atom. The van der Waals surface area contributed by atoms with Crippen molar-refractivity contribution >= 4 is 40.7 Å². The predicted octanol–water partition coefficient (Wildman–Crippen LogP) is 5.80. The number of pyridine rings is 1. The van der Waals surface area contributed by atoms with E-state index in [0.29, 0.717) is 27.6 Å². The number of benzene rings is 2. The monoisotopic (exact) mass is 496 g/mol. The lowest BCUT2D eigenvalue weighted by atomic mass is 9.95. The van der Waals surface area contributed by atoms with E-state index < -0.39 is 17.7 Å². The molecule has 3 aromatic rings. The molecule has 1 unspecified atom stereocenters. The van der Waals surface area contributed by atoms with Crippen molar-refractivity contribution in [2.24, 2.45) is 0 Å². The van der Waals surface area contributed by atoms with Crippen molar-refractivity contribution in [1.29, 1.82) is 0 Å². The van der Waals surface area contributed by atoms with Gasteiger partial charge in [0.25, 0.3) is 11.7 Å². The molecular formula is C26H22Cl2N2O4. The zero-order chi connectivity index (χ0) is 24.4. The maximum atomic E-state index is 13.2. The summed E-state index contributed by atoms with van der Waals surface area (Å²) in [4.78, 5) is 32.0. The van der Waals surface area contributed by atoms with Crippen molar-refractivity contribution in [3.63, 3.8) is 0 Å². The van der Waals surface area contributed by atoms with Crippen LogP contribution in [0.3, 0.4) is 0 Å². The van der Waals surface area contributed by atoms with Gasteiger partial charge >= 0.3 is 0 Å². The summed E-state index contributed by atoms with van der Waals surface area (Å²) in [6.45, 7) is 3.85. The van der Waals surface area contributed by atoms with E-state index in [4.69, 9.17) is 27.9 Å². The molecule has 8 heteroatoms. The van der Waals surface area contributed by atoms with E-state index >= 15 is 0 Å². The van der Waals surface area contributed by atoms with E-state index in [1.54, 1.807) is 66.9 Å². The third-order valence-electron chi connectivity index (χ3n) is 5.34. The molecule has 0 spiro atoms. The van der Waals surface area contributed by atoms with Gasteiger partial charge in [-0.2, -0.15) is 0 Å². The van der Waals surface area contributed by atoms with E-state index in [2.05, 4.69) is 4.98 Å². The van der Waals surface area contributed by atoms with E-state index in [-0.39, 0.29) is 29.0 Å². The fourth-order valence-corrected chi connectivity index (χ4v) is 4.19. The first-order valence-corrected chi connectivity index (χ1v) is 11.4. The van der Waals surface area contributed by atoms with Crippen LogP contribution in [0.5, 0.6) is 5.75 Å². The van der Waals surface area contributed by atoms with Crippen LogP contribution in [-0.4, -0.2) is 32.8 Å². The summed E-state index contributed by atoms with van der Waals surface area (Å²) in [5.41, 5.74) is 1.46. The normalized spacial score (nSPS) is 17.4. The number of halogens is 2. The van der Waals surface area contributed by atoms with Crippen LogP contribution in [0.2, 0.25) is 10.0 Å². The standard InChI is InChI=1S/C26H22Cl2N2O4/c1-15(2)34-19-8-5-6-17(12-19)24(31)22-23(16-9-10-20(27)21(28)13-16)30(26(33)25(22)32)14-18-7-3-4-11-29-18/h3-13,15,23,31H,14H2,1-2H3/b24-22-. The molecule has 1 aliphatic heterocycles. The quantitative estimate of drug-likeness (QED) is 0.265. The Labute approximate surface area is 207 Å². The van der Waals surface area contributed by atoms with E-state index in [0.717, 1.165) is 0 Å². The molecule has 4 rings (SSSR count). The average Bonchev–Trinajstić information content (AvgIpc) is 3.06. The summed E-state index contributed by atoms with van der Waals surface area (Å²) >= 11 is 12.4. The number of nitrogens with zero attached hydrogens (tertiary/aromatic N) is 2. The van der Waals surface area contributed by atoms with Crippen LogP contribution in [0.4, 0.5) is 0 Å². The number of aromatic nitrogens is 1. The van der Waals surface area contributed by atoms with Crippen LogP contribution >= 0.6 is 23.2 Å². The highest BCUT2D eigenvalue weighted by Gasteiger charge is 2.46. The first kappa shape index (κ1) is 23.8. The van der Waals surface area contributed by atoms with Gasteiger partial charge in [-0.1, -0.05) is 47.5 Å². The Bertz CT molecular complexity index is 1270. The maximum Gasteiger partial charge on any atom is 0.296 e. The minimum atomic E-state index is -0.883. The first-order chi connectivity index (χ1) is 16.3. The van der Waals surface area contributed by atoms with Gasteiger partial charge in [0.2, 0.25) is 0 Å². The maximum absolute atomic E-state index is 13.2. The minimum absolute atomic E-state index is 0.0407. The van der Waals surface area contributed by atoms with Crippen LogP contribution in [-0.2, 0) is 16.1 Å². The molecule has 0 radical (unpaired) electrons. The van der Waals surface area contributed by atoms with Gasteiger partial charge < -0.3 is 14.7 Å². The van der Waals surface area contributed by atoms with Crippen LogP contribution in [0, 0.1) is 0 Å². The second-order valence-electron chi connectivity index (χ2n) is 8.12. The molecule has 2 heterocycles. The molecule has 0 saturated carbocycles. The van der Waals surface area contributed by atoms with Crippen molar-refractivity contribution in [1.82, 2.24) is 9.88 Å². The molecule has 1 atom stereocenters. The van der Waals surface area contributed by atoms with Crippen molar-refractivity contribution in [3.8, 4) is 5.75 Å². The summed E-state index contributed by atoms with van der Waals surface area (Å²) in [6, 6.07) is 16.1. The largest absolute Gasteiger partial charge is 0.507 e. The van der Waals surface area contributed by atoms with Gasteiger partial charge in [0.1, 0.15) is 11.5 Å². The lowest BCUT2D eigenvalue weighted by molar-refractivity contribution is -0.140. The van der Waals surface area contributed by atoms with Gasteiger partial charge in [-0.05, 0) is 55.8 Å². The number of ether oxygens (including phenoxy) is 1. The van der Waals surface area contributed by atoms with Gasteiger partial charge in [-0.25, -0.2) is 0 Å². The molecule has 1 amide bonds. The smallest absolute Gasteiger partial charge is 0.296 e. The van der Waals surface area contributed by atoms with Gasteiger partial charge in [0.05, 0.1) is 40.0 Å². The fraction of sp³-hybridized carbons (Fsp3) is 0.192. The lowest BCUT2D eigenvalue weighted by Gasteiger charge is -2.25. The predicted molar refractivity (Wildman–Crippen MR) is 131 cm³/mol. The molecule has 2 aromatic carbocycles. The number of amides is 1. The second kappa shape index (κ2) is 9.87. The van der Waals surface area contributed by atoms with Gasteiger partial charge in [0, 0.05) is 11.8 Å². The van der Waals surface area contributed by atoms with Crippen molar-refractivity contribution < 1.29 is 19.4 Å². The summed E-state index contributed by atoms with van der Waals surface area (Å²) in [6.07, 6.45) is 1.54. The molecule has 1 fully saturated rings. The molecule has 1 aliphatic rings. The van der Waals surface area contributed by atoms with E-state index in [1.807, 2.05) is 13.8 Å². The number of aliphatic hydroxyl groups is 1. The summed E-state index contributed by atoms with van der Waals surface area (Å²) < 4.78 is 5.72. The molecule has 1 aromatic heterocycles. The molecule has 34 heavy (non-hydrogen) atoms. The minimum Gasteiger partial charge on any atom is -0.507 e. The van der Waals surface area contributed by atoms with E-state index in [9.17, 15) is 14.7 Å². The van der Waals surface area contributed by atoms with Crippen molar-refractivity contribution in [3.05, 3.63) is 99.3 Å². The topological polar surface area (TPSA) is 79.7 Å². The number of rotatable bonds is 6. The molecule has 0 aliphatic carbocycles. The number of hydrogen-bond acceptors (Lipinski definition) is 5. The van der Waals surface area contributed by atoms with Gasteiger partial charge in [-0.3, -0.25) is 14.6 Å². The van der Waals surface area contributed by atoms with Crippen molar-refractivity contribution in [2.75, 3.05) is 0 Å². The Morgan fingerprint density at radius 1 is 1.06 bits per heavy atom. The first-order valence-electron chi connectivity index (χ1n) is 10.7. The lowest BCUT2D eigenvalue weighted by Crippen LogP contribution is -2.29. The molecule has 174 valence electrons. The summed E-state index contributed by atoms with van der Waals surface area (Å²) in [5.74, 6) is -1.29. The molecular weight excluding hydrogens is 475 g/mol. The molecule has 1 N–H and O–H groups in total. The van der Waals surface area contributed by atoms with Crippen molar-refractivity contribution in [2.45, 2.75) is 32.5 Å². The zero-order valence-corrected chi connectivity index (χ0v) is 20.0. The Morgan fingerprint density at radius 2 is 1.85 bits per heavy atom. The average molecular weight is 497 g/mol. The highest BCUT2D eigenvalue weighted by Crippen LogP contribution is 2.41. The van der Waals surface area contributed by atoms with Crippen LogP contribution in [0.25, 0.3) is 5.76 Å². The van der Waals surface area contributed by atoms with Crippen LogP contribution in [0.15, 0.2) is 72.4 Å². The van der Waals surface area contributed by atoms with Gasteiger partial charge in [-0.15, -0.1) is 0 Å².